The first-order valence-electron chi connectivity index (χ1n) is 6.11. The Labute approximate surface area is 111 Å². The number of alkyl halides is 2. The maximum atomic E-state index is 12.5. The van der Waals surface area contributed by atoms with E-state index in [2.05, 4.69) is 15.6 Å². The van der Waals surface area contributed by atoms with E-state index in [0.717, 1.165) is 4.57 Å². The minimum absolute atomic E-state index is 0.0720. The molecule has 0 atom stereocenters. The van der Waals surface area contributed by atoms with Gasteiger partial charge in [0.05, 0.1) is 6.54 Å². The maximum Gasteiger partial charge on any atom is 0.319 e. The molecule has 0 saturated carbocycles. The van der Waals surface area contributed by atoms with Crippen molar-refractivity contribution in [1.29, 1.82) is 0 Å². The second-order valence-corrected chi connectivity index (χ2v) is 5.25. The van der Waals surface area contributed by atoms with Crippen LogP contribution in [0.2, 0.25) is 0 Å². The molecule has 0 aliphatic rings. The number of amides is 1. The van der Waals surface area contributed by atoms with Crippen LogP contribution in [0, 0.1) is 0 Å². The standard InChI is InChI=1S/C12H20F2N4O/c1-12(2,3)17-10(19)4-5-15-8-9-16-6-7-18(9)11(13)14/h6-7,11,15H,4-5,8H2,1-3H3,(H,17,19). The highest BCUT2D eigenvalue weighted by Crippen LogP contribution is 2.11. The molecule has 19 heavy (non-hydrogen) atoms. The van der Waals surface area contributed by atoms with Crippen LogP contribution in [0.3, 0.4) is 0 Å². The van der Waals surface area contributed by atoms with Crippen molar-refractivity contribution >= 4 is 5.91 Å². The Bertz CT molecular complexity index is 412. The molecule has 0 unspecified atom stereocenters. The molecule has 1 aromatic heterocycles. The Morgan fingerprint density at radius 1 is 1.47 bits per heavy atom. The molecule has 1 rings (SSSR count). The van der Waals surface area contributed by atoms with Gasteiger partial charge in [-0.15, -0.1) is 0 Å². The van der Waals surface area contributed by atoms with Gasteiger partial charge in [0, 0.05) is 30.9 Å². The average Bonchev–Trinajstić information content (AvgIpc) is 2.70. The molecule has 0 aliphatic heterocycles. The summed E-state index contributed by atoms with van der Waals surface area (Å²) < 4.78 is 25.8. The van der Waals surface area contributed by atoms with Gasteiger partial charge in [-0.3, -0.25) is 9.36 Å². The summed E-state index contributed by atoms with van der Waals surface area (Å²) in [5.74, 6) is 0.184. The molecular formula is C12H20F2N4O. The third kappa shape index (κ3) is 5.78. The predicted molar refractivity (Wildman–Crippen MR) is 67.7 cm³/mol. The number of imidazole rings is 1. The minimum atomic E-state index is -2.59. The van der Waals surface area contributed by atoms with E-state index >= 15 is 0 Å². The predicted octanol–water partition coefficient (Wildman–Crippen LogP) is 1.67. The lowest BCUT2D eigenvalue weighted by atomic mass is 10.1. The van der Waals surface area contributed by atoms with Crippen molar-refractivity contribution in [2.24, 2.45) is 0 Å². The molecule has 2 N–H and O–H groups in total. The second-order valence-electron chi connectivity index (χ2n) is 5.25. The molecular weight excluding hydrogens is 254 g/mol. The summed E-state index contributed by atoms with van der Waals surface area (Å²) in [6.45, 7) is 3.73. The van der Waals surface area contributed by atoms with Crippen molar-refractivity contribution in [1.82, 2.24) is 20.2 Å². The first-order valence-corrected chi connectivity index (χ1v) is 6.11. The fourth-order valence-electron chi connectivity index (χ4n) is 1.54. The van der Waals surface area contributed by atoms with Crippen LogP contribution in [-0.4, -0.2) is 27.5 Å². The van der Waals surface area contributed by atoms with Gasteiger partial charge in [-0.2, -0.15) is 8.78 Å². The van der Waals surface area contributed by atoms with E-state index in [-0.39, 0.29) is 23.8 Å². The molecule has 0 aromatic carbocycles. The van der Waals surface area contributed by atoms with E-state index in [1.165, 1.54) is 12.4 Å². The summed E-state index contributed by atoms with van der Waals surface area (Å²) >= 11 is 0. The zero-order valence-corrected chi connectivity index (χ0v) is 11.4. The Hall–Kier alpha value is -1.50. The summed E-state index contributed by atoms with van der Waals surface area (Å²) in [5, 5.41) is 5.74. The van der Waals surface area contributed by atoms with Crippen LogP contribution in [0.15, 0.2) is 12.4 Å². The number of hydrogen-bond acceptors (Lipinski definition) is 3. The van der Waals surface area contributed by atoms with Crippen LogP contribution in [-0.2, 0) is 11.3 Å². The minimum Gasteiger partial charge on any atom is -0.351 e. The molecule has 0 saturated heterocycles. The van der Waals surface area contributed by atoms with Gasteiger partial charge in [0.2, 0.25) is 5.91 Å². The summed E-state index contributed by atoms with van der Waals surface area (Å²) in [7, 11) is 0. The zero-order valence-electron chi connectivity index (χ0n) is 11.4. The lowest BCUT2D eigenvalue weighted by molar-refractivity contribution is -0.122. The Morgan fingerprint density at radius 2 is 2.16 bits per heavy atom. The molecule has 0 fully saturated rings. The Morgan fingerprint density at radius 3 is 2.74 bits per heavy atom. The molecule has 0 bridgehead atoms. The van der Waals surface area contributed by atoms with Crippen molar-refractivity contribution in [3.63, 3.8) is 0 Å². The van der Waals surface area contributed by atoms with Crippen molar-refractivity contribution in [2.75, 3.05) is 6.54 Å². The number of aromatic nitrogens is 2. The molecule has 0 radical (unpaired) electrons. The van der Waals surface area contributed by atoms with Gasteiger partial charge < -0.3 is 10.6 Å². The van der Waals surface area contributed by atoms with Crippen LogP contribution < -0.4 is 10.6 Å². The third-order valence-corrected chi connectivity index (χ3v) is 2.29. The number of carbonyl (C=O) groups excluding carboxylic acids is 1. The first kappa shape index (κ1) is 15.6. The van der Waals surface area contributed by atoms with Gasteiger partial charge in [-0.1, -0.05) is 0 Å². The lowest BCUT2D eigenvalue weighted by Crippen LogP contribution is -2.41. The quantitative estimate of drug-likeness (QED) is 0.776. The van der Waals surface area contributed by atoms with Gasteiger partial charge >= 0.3 is 6.55 Å². The highest BCUT2D eigenvalue weighted by atomic mass is 19.3. The lowest BCUT2D eigenvalue weighted by Gasteiger charge is -2.20. The Balaban J connectivity index is 2.28. The summed E-state index contributed by atoms with van der Waals surface area (Å²) in [5.41, 5.74) is -0.261. The van der Waals surface area contributed by atoms with Crippen molar-refractivity contribution in [3.05, 3.63) is 18.2 Å². The van der Waals surface area contributed by atoms with Crippen LogP contribution in [0.1, 0.15) is 39.6 Å². The van der Waals surface area contributed by atoms with Crippen molar-refractivity contribution in [2.45, 2.75) is 45.8 Å². The van der Waals surface area contributed by atoms with Gasteiger partial charge in [-0.05, 0) is 20.8 Å². The van der Waals surface area contributed by atoms with Crippen LogP contribution in [0.5, 0.6) is 0 Å². The highest BCUT2D eigenvalue weighted by molar-refractivity contribution is 5.76. The molecule has 108 valence electrons. The summed E-state index contributed by atoms with van der Waals surface area (Å²) in [6, 6.07) is 0. The second kappa shape index (κ2) is 6.60. The third-order valence-electron chi connectivity index (χ3n) is 2.29. The van der Waals surface area contributed by atoms with Crippen LogP contribution in [0.25, 0.3) is 0 Å². The number of nitrogens with one attached hydrogen (secondary N) is 2. The zero-order chi connectivity index (χ0) is 14.5. The number of halogens is 2. The van der Waals surface area contributed by atoms with E-state index in [1.807, 2.05) is 20.8 Å². The van der Waals surface area contributed by atoms with Crippen molar-refractivity contribution < 1.29 is 13.6 Å². The van der Waals surface area contributed by atoms with Crippen molar-refractivity contribution in [3.8, 4) is 0 Å². The van der Waals surface area contributed by atoms with E-state index in [4.69, 9.17) is 0 Å². The van der Waals surface area contributed by atoms with E-state index in [9.17, 15) is 13.6 Å². The Kier molecular flexibility index (Phi) is 5.41. The number of nitrogens with zero attached hydrogens (tertiary/aromatic N) is 2. The SMILES string of the molecule is CC(C)(C)NC(=O)CCNCc1nccn1C(F)F. The number of rotatable bonds is 6. The molecule has 1 amide bonds. The van der Waals surface area contributed by atoms with Gasteiger partial charge in [0.25, 0.3) is 0 Å². The topological polar surface area (TPSA) is 59.0 Å². The molecule has 7 heteroatoms. The summed E-state index contributed by atoms with van der Waals surface area (Å²) in [6.07, 6.45) is 2.86. The molecule has 1 aromatic rings. The molecule has 0 spiro atoms. The average molecular weight is 274 g/mol. The van der Waals surface area contributed by atoms with Gasteiger partial charge in [0.15, 0.2) is 0 Å². The number of carbonyl (C=O) groups is 1. The fourth-order valence-corrected chi connectivity index (χ4v) is 1.54. The monoisotopic (exact) mass is 274 g/mol. The van der Waals surface area contributed by atoms with Crippen LogP contribution >= 0.6 is 0 Å². The fraction of sp³-hybridized carbons (Fsp3) is 0.667. The first-order chi connectivity index (χ1) is 8.79. The molecule has 0 aliphatic carbocycles. The van der Waals surface area contributed by atoms with E-state index in [0.29, 0.717) is 13.0 Å². The highest BCUT2D eigenvalue weighted by Gasteiger charge is 2.13. The molecule has 5 nitrogen and oxygen atoms in total. The van der Waals surface area contributed by atoms with E-state index < -0.39 is 6.55 Å². The van der Waals surface area contributed by atoms with Gasteiger partial charge in [0.1, 0.15) is 5.82 Å². The molecule has 1 heterocycles. The largest absolute Gasteiger partial charge is 0.351 e. The smallest absolute Gasteiger partial charge is 0.319 e. The van der Waals surface area contributed by atoms with Crippen LogP contribution in [0.4, 0.5) is 8.78 Å². The summed E-state index contributed by atoms with van der Waals surface area (Å²) in [4.78, 5) is 15.3. The van der Waals surface area contributed by atoms with E-state index in [1.54, 1.807) is 0 Å². The maximum absolute atomic E-state index is 12.5. The number of hydrogen-bond donors (Lipinski definition) is 2. The van der Waals surface area contributed by atoms with Gasteiger partial charge in [-0.25, -0.2) is 4.98 Å². The normalized spacial score (nSPS) is 11.9.